The van der Waals surface area contributed by atoms with Crippen LogP contribution in [-0.4, -0.2) is 45.8 Å². The SMILES string of the molecule is OC[C@@H](O)/C=C\[C@H](O)CO. The summed E-state index contributed by atoms with van der Waals surface area (Å²) in [5, 5.41) is 33.9. The molecule has 4 heteroatoms. The fraction of sp³-hybridized carbons (Fsp3) is 0.667. The molecule has 0 aliphatic carbocycles. The summed E-state index contributed by atoms with van der Waals surface area (Å²) in [4.78, 5) is 0. The van der Waals surface area contributed by atoms with Crippen molar-refractivity contribution in [3.8, 4) is 0 Å². The summed E-state index contributed by atoms with van der Waals surface area (Å²) in [6.45, 7) is -0.761. The van der Waals surface area contributed by atoms with Crippen LogP contribution in [-0.2, 0) is 0 Å². The molecule has 4 N–H and O–H groups in total. The van der Waals surface area contributed by atoms with Crippen LogP contribution in [0.4, 0.5) is 0 Å². The predicted octanol–water partition coefficient (Wildman–Crippen LogP) is -1.75. The summed E-state index contributed by atoms with van der Waals surface area (Å²) < 4.78 is 0. The molecule has 0 unspecified atom stereocenters. The van der Waals surface area contributed by atoms with Gasteiger partial charge in [-0.15, -0.1) is 0 Å². The van der Waals surface area contributed by atoms with E-state index in [2.05, 4.69) is 0 Å². The van der Waals surface area contributed by atoms with Gasteiger partial charge in [-0.3, -0.25) is 0 Å². The van der Waals surface area contributed by atoms with Gasteiger partial charge in [0.1, 0.15) is 0 Å². The Labute approximate surface area is 59.1 Å². The standard InChI is InChI=1S/C6H12O4/c7-3-5(9)1-2-6(10)4-8/h1-2,5-10H,3-4H2/b2-1-/t5-,6-/m0/s1. The van der Waals surface area contributed by atoms with Crippen LogP contribution in [0.2, 0.25) is 0 Å². The Morgan fingerprint density at radius 1 is 0.900 bits per heavy atom. The second kappa shape index (κ2) is 5.37. The van der Waals surface area contributed by atoms with Crippen molar-refractivity contribution < 1.29 is 20.4 Å². The zero-order valence-electron chi connectivity index (χ0n) is 5.51. The van der Waals surface area contributed by atoms with E-state index >= 15 is 0 Å². The minimum atomic E-state index is -0.957. The van der Waals surface area contributed by atoms with Crippen molar-refractivity contribution in [2.24, 2.45) is 0 Å². The summed E-state index contributed by atoms with van der Waals surface area (Å²) in [6.07, 6.45) is 0.532. The van der Waals surface area contributed by atoms with Gasteiger partial charge in [0.15, 0.2) is 0 Å². The van der Waals surface area contributed by atoms with Crippen molar-refractivity contribution in [2.45, 2.75) is 12.2 Å². The maximum Gasteiger partial charge on any atom is 0.0952 e. The lowest BCUT2D eigenvalue weighted by Crippen LogP contribution is -2.12. The largest absolute Gasteiger partial charge is 0.393 e. The fourth-order valence-electron chi connectivity index (χ4n) is 0.378. The topological polar surface area (TPSA) is 80.9 Å². The molecule has 0 saturated heterocycles. The number of aliphatic hydroxyl groups excluding tert-OH is 4. The molecule has 0 heterocycles. The minimum Gasteiger partial charge on any atom is -0.393 e. The van der Waals surface area contributed by atoms with Gasteiger partial charge in [0.25, 0.3) is 0 Å². The number of hydrogen-bond donors (Lipinski definition) is 4. The van der Waals surface area contributed by atoms with Crippen LogP contribution in [0.3, 0.4) is 0 Å². The number of aliphatic hydroxyl groups is 4. The molecule has 0 saturated carbocycles. The van der Waals surface area contributed by atoms with Crippen LogP contribution in [0.15, 0.2) is 12.2 Å². The van der Waals surface area contributed by atoms with E-state index in [1.54, 1.807) is 0 Å². The van der Waals surface area contributed by atoms with E-state index in [0.29, 0.717) is 0 Å². The van der Waals surface area contributed by atoms with Gasteiger partial charge in [0.05, 0.1) is 25.4 Å². The molecule has 10 heavy (non-hydrogen) atoms. The van der Waals surface area contributed by atoms with Gasteiger partial charge in [0, 0.05) is 0 Å². The van der Waals surface area contributed by atoms with Crippen molar-refractivity contribution in [2.75, 3.05) is 13.2 Å². The third-order valence-corrected chi connectivity index (χ3v) is 0.930. The monoisotopic (exact) mass is 148 g/mol. The van der Waals surface area contributed by atoms with Crippen molar-refractivity contribution in [3.63, 3.8) is 0 Å². The molecule has 0 fully saturated rings. The van der Waals surface area contributed by atoms with E-state index in [-0.39, 0.29) is 13.2 Å². The van der Waals surface area contributed by atoms with Crippen LogP contribution < -0.4 is 0 Å². The zero-order valence-corrected chi connectivity index (χ0v) is 5.51. The Bertz CT molecular complexity index is 89.9. The predicted molar refractivity (Wildman–Crippen MR) is 35.3 cm³/mol. The van der Waals surface area contributed by atoms with Crippen LogP contribution in [0, 0.1) is 0 Å². The first-order valence-electron chi connectivity index (χ1n) is 2.97. The van der Waals surface area contributed by atoms with Crippen molar-refractivity contribution in [3.05, 3.63) is 12.2 Å². The average Bonchev–Trinajstić information content (AvgIpc) is 1.99. The molecule has 2 atom stereocenters. The maximum atomic E-state index is 8.67. The van der Waals surface area contributed by atoms with Gasteiger partial charge >= 0.3 is 0 Å². The molecule has 4 nitrogen and oxygen atoms in total. The molecule has 0 bridgehead atoms. The van der Waals surface area contributed by atoms with Crippen molar-refractivity contribution >= 4 is 0 Å². The summed E-state index contributed by atoms with van der Waals surface area (Å²) in [5.41, 5.74) is 0. The van der Waals surface area contributed by atoms with E-state index in [1.165, 1.54) is 12.2 Å². The summed E-state index contributed by atoms with van der Waals surface area (Å²) in [6, 6.07) is 0. The highest BCUT2D eigenvalue weighted by Gasteiger charge is 1.97. The molecule has 0 aromatic rings. The number of hydrogen-bond acceptors (Lipinski definition) is 4. The molecule has 0 aliphatic heterocycles. The minimum absolute atomic E-state index is 0.380. The lowest BCUT2D eigenvalue weighted by atomic mass is 10.3. The highest BCUT2D eigenvalue weighted by Crippen LogP contribution is 1.88. The van der Waals surface area contributed by atoms with Crippen LogP contribution >= 0.6 is 0 Å². The quantitative estimate of drug-likeness (QED) is 0.356. The highest BCUT2D eigenvalue weighted by molar-refractivity contribution is 4.92. The Balaban J connectivity index is 3.52. The summed E-state index contributed by atoms with van der Waals surface area (Å²) in [5.74, 6) is 0. The van der Waals surface area contributed by atoms with Gasteiger partial charge in [0.2, 0.25) is 0 Å². The summed E-state index contributed by atoms with van der Waals surface area (Å²) in [7, 11) is 0. The third kappa shape index (κ3) is 4.46. The normalized spacial score (nSPS) is 17.6. The lowest BCUT2D eigenvalue weighted by Gasteiger charge is -2.01. The first-order chi connectivity index (χ1) is 4.70. The first kappa shape index (κ1) is 9.58. The van der Waals surface area contributed by atoms with E-state index in [1.807, 2.05) is 0 Å². The average molecular weight is 148 g/mol. The molecule has 0 aliphatic rings. The highest BCUT2D eigenvalue weighted by atomic mass is 16.3. The van der Waals surface area contributed by atoms with E-state index in [9.17, 15) is 0 Å². The third-order valence-electron chi connectivity index (χ3n) is 0.930. The smallest absolute Gasteiger partial charge is 0.0952 e. The zero-order chi connectivity index (χ0) is 7.98. The molecular formula is C6H12O4. The molecule has 0 aromatic carbocycles. The van der Waals surface area contributed by atoms with Crippen LogP contribution in [0.25, 0.3) is 0 Å². The van der Waals surface area contributed by atoms with E-state index in [4.69, 9.17) is 20.4 Å². The van der Waals surface area contributed by atoms with Gasteiger partial charge in [-0.05, 0) is 0 Å². The Morgan fingerprint density at radius 2 is 1.20 bits per heavy atom. The lowest BCUT2D eigenvalue weighted by molar-refractivity contribution is 0.119. The molecular weight excluding hydrogens is 136 g/mol. The Morgan fingerprint density at radius 3 is 1.40 bits per heavy atom. The molecule has 60 valence electrons. The molecule has 0 rings (SSSR count). The first-order valence-corrected chi connectivity index (χ1v) is 2.97. The Hall–Kier alpha value is -0.420. The molecule has 0 spiro atoms. The van der Waals surface area contributed by atoms with Crippen molar-refractivity contribution in [1.29, 1.82) is 0 Å². The van der Waals surface area contributed by atoms with Gasteiger partial charge in [-0.2, -0.15) is 0 Å². The Kier molecular flexibility index (Phi) is 5.15. The second-order valence-electron chi connectivity index (χ2n) is 1.88. The van der Waals surface area contributed by atoms with Crippen molar-refractivity contribution in [1.82, 2.24) is 0 Å². The van der Waals surface area contributed by atoms with Gasteiger partial charge in [-0.25, -0.2) is 0 Å². The summed E-state index contributed by atoms with van der Waals surface area (Å²) >= 11 is 0. The van der Waals surface area contributed by atoms with Crippen LogP contribution in [0.5, 0.6) is 0 Å². The number of rotatable bonds is 4. The van der Waals surface area contributed by atoms with Gasteiger partial charge in [-0.1, -0.05) is 12.2 Å². The fourth-order valence-corrected chi connectivity index (χ4v) is 0.378. The van der Waals surface area contributed by atoms with E-state index < -0.39 is 12.2 Å². The van der Waals surface area contributed by atoms with Crippen LogP contribution in [0.1, 0.15) is 0 Å². The molecule has 0 radical (unpaired) electrons. The molecule has 0 aromatic heterocycles. The molecule has 0 amide bonds. The maximum absolute atomic E-state index is 8.67. The van der Waals surface area contributed by atoms with Gasteiger partial charge < -0.3 is 20.4 Å². The van der Waals surface area contributed by atoms with E-state index in [0.717, 1.165) is 0 Å². The second-order valence-corrected chi connectivity index (χ2v) is 1.88.